The van der Waals surface area contributed by atoms with Crippen molar-refractivity contribution in [3.63, 3.8) is 0 Å². The van der Waals surface area contributed by atoms with Gasteiger partial charge in [-0.25, -0.2) is 9.67 Å². The van der Waals surface area contributed by atoms with Crippen LogP contribution in [-0.4, -0.2) is 38.7 Å². The molecule has 21 heavy (non-hydrogen) atoms. The largest absolute Gasteiger partial charge is 0.336 e. The maximum absolute atomic E-state index is 12.8. The fourth-order valence-electron chi connectivity index (χ4n) is 3.11. The Labute approximate surface area is 127 Å². The molecule has 1 amide bonds. The zero-order valence-electron chi connectivity index (χ0n) is 11.8. The highest BCUT2D eigenvalue weighted by Crippen LogP contribution is 2.43. The van der Waals surface area contributed by atoms with Gasteiger partial charge in [0.05, 0.1) is 10.9 Å². The number of aromatic nitrogens is 3. The van der Waals surface area contributed by atoms with E-state index in [2.05, 4.69) is 21.5 Å². The lowest BCUT2D eigenvalue weighted by Gasteiger charge is -2.32. The molecule has 1 unspecified atom stereocenters. The standard InChI is InChI=1S/C15H18N4OS/c20-15(14-13(5-7-21-14)11-3-4-11)18-6-1-2-12(8-18)19-10-16-9-17-19/h5,7,9-12H,1-4,6,8H2. The SMILES string of the molecule is O=C(c1sccc1C1CC1)N1CCCC(n2cncn2)C1. The average Bonchev–Trinajstić information content (AvgIpc) is 3.05. The van der Waals surface area contributed by atoms with Crippen LogP contribution in [0, 0.1) is 0 Å². The summed E-state index contributed by atoms with van der Waals surface area (Å²) in [7, 11) is 0. The van der Waals surface area contributed by atoms with E-state index in [1.54, 1.807) is 24.0 Å². The molecule has 2 aliphatic rings. The molecule has 110 valence electrons. The van der Waals surface area contributed by atoms with Crippen LogP contribution >= 0.6 is 11.3 Å². The van der Waals surface area contributed by atoms with Gasteiger partial charge in [-0.05, 0) is 48.6 Å². The zero-order valence-corrected chi connectivity index (χ0v) is 12.6. The number of thiophene rings is 1. The van der Waals surface area contributed by atoms with Crippen molar-refractivity contribution in [1.82, 2.24) is 19.7 Å². The minimum atomic E-state index is 0.205. The van der Waals surface area contributed by atoms with Crippen molar-refractivity contribution in [1.29, 1.82) is 0 Å². The molecule has 1 aliphatic heterocycles. The molecule has 0 bridgehead atoms. The quantitative estimate of drug-likeness (QED) is 0.876. The highest BCUT2D eigenvalue weighted by atomic mass is 32.1. The first-order chi connectivity index (χ1) is 10.3. The van der Waals surface area contributed by atoms with Gasteiger partial charge < -0.3 is 4.90 Å². The van der Waals surface area contributed by atoms with Crippen LogP contribution in [0.4, 0.5) is 0 Å². The number of carbonyl (C=O) groups excluding carboxylic acids is 1. The molecule has 5 nitrogen and oxygen atoms in total. The number of likely N-dealkylation sites (tertiary alicyclic amines) is 1. The van der Waals surface area contributed by atoms with Crippen LogP contribution in [0.2, 0.25) is 0 Å². The van der Waals surface area contributed by atoms with Crippen molar-refractivity contribution in [2.24, 2.45) is 0 Å². The van der Waals surface area contributed by atoms with Crippen LogP contribution in [0.15, 0.2) is 24.1 Å². The van der Waals surface area contributed by atoms with Crippen LogP contribution in [0.25, 0.3) is 0 Å². The van der Waals surface area contributed by atoms with Crippen molar-refractivity contribution >= 4 is 17.2 Å². The number of nitrogens with zero attached hydrogens (tertiary/aromatic N) is 4. The second-order valence-corrected chi connectivity index (χ2v) is 6.82. The van der Waals surface area contributed by atoms with Gasteiger partial charge in [0.15, 0.2) is 0 Å². The molecular weight excluding hydrogens is 284 g/mol. The fraction of sp³-hybridized carbons (Fsp3) is 0.533. The highest BCUT2D eigenvalue weighted by molar-refractivity contribution is 7.12. The number of rotatable bonds is 3. The molecule has 1 saturated heterocycles. The van der Waals surface area contributed by atoms with Gasteiger partial charge in [0.1, 0.15) is 12.7 Å². The van der Waals surface area contributed by atoms with Crippen LogP contribution in [-0.2, 0) is 0 Å². The third kappa shape index (κ3) is 2.48. The lowest BCUT2D eigenvalue weighted by atomic mass is 10.0. The molecule has 4 rings (SSSR count). The van der Waals surface area contributed by atoms with E-state index in [1.807, 2.05) is 9.58 Å². The van der Waals surface area contributed by atoms with Gasteiger partial charge in [0.25, 0.3) is 5.91 Å². The van der Waals surface area contributed by atoms with Gasteiger partial charge >= 0.3 is 0 Å². The van der Waals surface area contributed by atoms with Crippen molar-refractivity contribution in [2.75, 3.05) is 13.1 Å². The van der Waals surface area contributed by atoms with Gasteiger partial charge in [-0.2, -0.15) is 5.10 Å². The maximum Gasteiger partial charge on any atom is 0.264 e. The van der Waals surface area contributed by atoms with Gasteiger partial charge in [-0.1, -0.05) is 0 Å². The van der Waals surface area contributed by atoms with E-state index in [4.69, 9.17) is 0 Å². The summed E-state index contributed by atoms with van der Waals surface area (Å²) in [4.78, 5) is 19.8. The molecule has 6 heteroatoms. The summed E-state index contributed by atoms with van der Waals surface area (Å²) in [5, 5.41) is 6.28. The van der Waals surface area contributed by atoms with E-state index >= 15 is 0 Å². The monoisotopic (exact) mass is 302 g/mol. The number of piperidine rings is 1. The number of carbonyl (C=O) groups is 1. The molecule has 0 radical (unpaired) electrons. The first-order valence-corrected chi connectivity index (χ1v) is 8.41. The topological polar surface area (TPSA) is 51.0 Å². The minimum Gasteiger partial charge on any atom is -0.336 e. The van der Waals surface area contributed by atoms with E-state index < -0.39 is 0 Å². The fourth-order valence-corrected chi connectivity index (χ4v) is 4.06. The summed E-state index contributed by atoms with van der Waals surface area (Å²) in [6.45, 7) is 1.59. The molecule has 3 heterocycles. The third-order valence-corrected chi connectivity index (χ3v) is 5.32. The molecule has 2 aromatic rings. The predicted octanol–water partition coefficient (Wildman–Crippen LogP) is 2.69. The molecule has 0 spiro atoms. The van der Waals surface area contributed by atoms with Gasteiger partial charge in [-0.3, -0.25) is 4.79 Å². The molecule has 1 atom stereocenters. The maximum atomic E-state index is 12.8. The van der Waals surface area contributed by atoms with Crippen LogP contribution < -0.4 is 0 Å². The Bertz CT molecular complexity index is 632. The summed E-state index contributed by atoms with van der Waals surface area (Å²) in [5.41, 5.74) is 1.27. The number of hydrogen-bond acceptors (Lipinski definition) is 4. The Balaban J connectivity index is 1.52. The Morgan fingerprint density at radius 1 is 1.33 bits per heavy atom. The second kappa shape index (κ2) is 5.26. The Kier molecular flexibility index (Phi) is 3.25. The van der Waals surface area contributed by atoms with E-state index in [0.29, 0.717) is 5.92 Å². The molecule has 1 saturated carbocycles. The van der Waals surface area contributed by atoms with Gasteiger partial charge in [-0.15, -0.1) is 11.3 Å². The van der Waals surface area contributed by atoms with E-state index in [1.165, 1.54) is 18.4 Å². The van der Waals surface area contributed by atoms with E-state index in [-0.39, 0.29) is 11.9 Å². The van der Waals surface area contributed by atoms with Crippen LogP contribution in [0.3, 0.4) is 0 Å². The Morgan fingerprint density at radius 2 is 2.24 bits per heavy atom. The van der Waals surface area contributed by atoms with E-state index in [9.17, 15) is 4.79 Å². The highest BCUT2D eigenvalue weighted by Gasteiger charge is 2.32. The van der Waals surface area contributed by atoms with Crippen molar-refractivity contribution < 1.29 is 4.79 Å². The summed E-state index contributed by atoms with van der Waals surface area (Å²) < 4.78 is 1.88. The summed E-state index contributed by atoms with van der Waals surface area (Å²) >= 11 is 1.59. The molecular formula is C15H18N4OS. The molecule has 0 aromatic carbocycles. The zero-order chi connectivity index (χ0) is 14.2. The van der Waals surface area contributed by atoms with E-state index in [0.717, 1.165) is 30.8 Å². The van der Waals surface area contributed by atoms with Crippen molar-refractivity contribution in [2.45, 2.75) is 37.6 Å². The van der Waals surface area contributed by atoms with Crippen LogP contribution in [0.1, 0.15) is 52.9 Å². The third-order valence-electron chi connectivity index (χ3n) is 4.40. The minimum absolute atomic E-state index is 0.205. The molecule has 0 N–H and O–H groups in total. The van der Waals surface area contributed by atoms with Gasteiger partial charge in [0.2, 0.25) is 0 Å². The Morgan fingerprint density at radius 3 is 3.00 bits per heavy atom. The normalized spacial score (nSPS) is 22.5. The molecule has 1 aliphatic carbocycles. The average molecular weight is 302 g/mol. The number of hydrogen-bond donors (Lipinski definition) is 0. The Hall–Kier alpha value is -1.69. The smallest absolute Gasteiger partial charge is 0.264 e. The first-order valence-electron chi connectivity index (χ1n) is 7.53. The lowest BCUT2D eigenvalue weighted by molar-refractivity contribution is 0.0676. The van der Waals surface area contributed by atoms with Crippen molar-refractivity contribution in [3.05, 3.63) is 34.5 Å². The first kappa shape index (κ1) is 13.0. The summed E-state index contributed by atoms with van der Waals surface area (Å²) in [6.07, 6.45) is 7.87. The summed E-state index contributed by atoms with van der Waals surface area (Å²) in [5.74, 6) is 0.836. The molecule has 2 aromatic heterocycles. The predicted molar refractivity (Wildman–Crippen MR) is 80.5 cm³/mol. The second-order valence-electron chi connectivity index (χ2n) is 5.90. The van der Waals surface area contributed by atoms with Crippen molar-refractivity contribution in [3.8, 4) is 0 Å². The lowest BCUT2D eigenvalue weighted by Crippen LogP contribution is -2.40. The van der Waals surface area contributed by atoms with Crippen LogP contribution in [0.5, 0.6) is 0 Å². The van der Waals surface area contributed by atoms with Gasteiger partial charge in [0, 0.05) is 13.1 Å². The number of amides is 1. The molecule has 2 fully saturated rings. The summed E-state index contributed by atoms with van der Waals surface area (Å²) in [6, 6.07) is 2.39.